The van der Waals surface area contributed by atoms with Crippen molar-refractivity contribution in [1.82, 2.24) is 0 Å². The highest BCUT2D eigenvalue weighted by Gasteiger charge is 2.19. The Morgan fingerprint density at radius 3 is 1.89 bits per heavy atom. The minimum Gasteiger partial charge on any atom is -0.310 e. The molecule has 0 fully saturated rings. The van der Waals surface area contributed by atoms with Gasteiger partial charge in [-0.3, -0.25) is 0 Å². The Kier molecular flexibility index (Phi) is 6.40. The lowest BCUT2D eigenvalue weighted by molar-refractivity contribution is 1.29. The molecule has 0 aliphatic heterocycles. The van der Waals surface area contributed by atoms with Gasteiger partial charge in [0.25, 0.3) is 0 Å². The summed E-state index contributed by atoms with van der Waals surface area (Å²) in [6.07, 6.45) is 0. The molecule has 9 aromatic rings. The van der Waals surface area contributed by atoms with Gasteiger partial charge in [0.1, 0.15) is 0 Å². The van der Waals surface area contributed by atoms with E-state index in [2.05, 4.69) is 181 Å². The van der Waals surface area contributed by atoms with E-state index in [1.165, 1.54) is 64.0 Å². The van der Waals surface area contributed by atoms with Gasteiger partial charge in [0.15, 0.2) is 0 Å². The van der Waals surface area contributed by atoms with Gasteiger partial charge in [-0.15, -0.1) is 11.3 Å². The van der Waals surface area contributed by atoms with E-state index in [0.717, 1.165) is 17.1 Å². The third-order valence-electron chi connectivity index (χ3n) is 9.02. The zero-order valence-electron chi connectivity index (χ0n) is 25.1. The Bertz CT molecular complexity index is 2530. The van der Waals surface area contributed by atoms with Gasteiger partial charge in [-0.25, -0.2) is 0 Å². The Labute approximate surface area is 272 Å². The monoisotopic (exact) mass is 603 g/mol. The van der Waals surface area contributed by atoms with E-state index in [1.807, 2.05) is 11.3 Å². The van der Waals surface area contributed by atoms with Gasteiger partial charge in [0.05, 0.1) is 5.69 Å². The smallest absolute Gasteiger partial charge is 0.0540 e. The molecular formula is C44H29NS. The molecule has 0 unspecified atom stereocenters. The first kappa shape index (κ1) is 26.7. The maximum Gasteiger partial charge on any atom is 0.0540 e. The number of para-hydroxylation sites is 1. The van der Waals surface area contributed by atoms with Crippen LogP contribution in [0.25, 0.3) is 64.0 Å². The highest BCUT2D eigenvalue weighted by atomic mass is 32.1. The molecule has 0 spiro atoms. The van der Waals surface area contributed by atoms with E-state index in [4.69, 9.17) is 0 Å². The number of fused-ring (bicyclic) bond motifs is 7. The summed E-state index contributed by atoms with van der Waals surface area (Å²) in [5, 5.41) is 7.78. The zero-order chi connectivity index (χ0) is 30.5. The van der Waals surface area contributed by atoms with Gasteiger partial charge in [-0.1, -0.05) is 133 Å². The lowest BCUT2D eigenvalue weighted by Crippen LogP contribution is -2.11. The van der Waals surface area contributed by atoms with Crippen molar-refractivity contribution in [3.63, 3.8) is 0 Å². The van der Waals surface area contributed by atoms with Crippen molar-refractivity contribution in [2.45, 2.75) is 0 Å². The van der Waals surface area contributed by atoms with Gasteiger partial charge < -0.3 is 4.90 Å². The number of benzene rings is 8. The summed E-state index contributed by atoms with van der Waals surface area (Å²) in [5.41, 5.74) is 8.18. The molecule has 0 amide bonds. The number of anilines is 3. The summed E-state index contributed by atoms with van der Waals surface area (Å²) < 4.78 is 2.66. The summed E-state index contributed by atoms with van der Waals surface area (Å²) >= 11 is 1.88. The number of rotatable bonds is 5. The van der Waals surface area contributed by atoms with E-state index in [-0.39, 0.29) is 0 Å². The fourth-order valence-corrected chi connectivity index (χ4v) is 8.01. The van der Waals surface area contributed by atoms with Gasteiger partial charge in [-0.05, 0) is 80.7 Å². The fourth-order valence-electron chi connectivity index (χ4n) is 6.90. The van der Waals surface area contributed by atoms with Crippen LogP contribution < -0.4 is 4.90 Å². The number of hydrogen-bond donors (Lipinski definition) is 0. The second kappa shape index (κ2) is 11.0. The molecule has 1 aromatic heterocycles. The summed E-state index contributed by atoms with van der Waals surface area (Å²) in [6.45, 7) is 0. The van der Waals surface area contributed by atoms with E-state index in [9.17, 15) is 0 Å². The average molecular weight is 604 g/mol. The second-order valence-corrected chi connectivity index (χ2v) is 12.8. The molecule has 9 rings (SSSR count). The maximum absolute atomic E-state index is 2.43. The van der Waals surface area contributed by atoms with Crippen LogP contribution in [0.2, 0.25) is 0 Å². The van der Waals surface area contributed by atoms with Crippen molar-refractivity contribution in [2.75, 3.05) is 4.90 Å². The van der Waals surface area contributed by atoms with Crippen LogP contribution in [0.4, 0.5) is 17.1 Å². The number of thiophene rings is 1. The molecule has 0 aliphatic carbocycles. The van der Waals surface area contributed by atoms with Gasteiger partial charge in [0.2, 0.25) is 0 Å². The molecule has 0 saturated heterocycles. The van der Waals surface area contributed by atoms with E-state index in [1.54, 1.807) is 0 Å². The standard InChI is InChI=1S/C44H29NS/c1-3-12-30(13-4-1)34-16-11-17-35(28-34)45(40-20-9-7-18-37(40)31-14-5-2-6-15-31)36-26-24-32-22-23-33-25-27-42-44(43(33)39(32)29-36)38-19-8-10-21-41(38)46-42/h1-29H. The van der Waals surface area contributed by atoms with Crippen molar-refractivity contribution in [3.8, 4) is 22.3 Å². The van der Waals surface area contributed by atoms with Crippen LogP contribution in [0.15, 0.2) is 176 Å². The molecule has 0 radical (unpaired) electrons. The predicted molar refractivity (Wildman–Crippen MR) is 200 cm³/mol. The molecule has 0 N–H and O–H groups in total. The van der Waals surface area contributed by atoms with E-state index in [0.29, 0.717) is 0 Å². The second-order valence-electron chi connectivity index (χ2n) is 11.7. The highest BCUT2D eigenvalue weighted by Crippen LogP contribution is 2.45. The van der Waals surface area contributed by atoms with Crippen LogP contribution in [0, 0.1) is 0 Å². The minimum atomic E-state index is 1.12. The van der Waals surface area contributed by atoms with Crippen molar-refractivity contribution < 1.29 is 0 Å². The fraction of sp³-hybridized carbons (Fsp3) is 0. The van der Waals surface area contributed by atoms with Crippen LogP contribution in [0.3, 0.4) is 0 Å². The molecule has 46 heavy (non-hydrogen) atoms. The highest BCUT2D eigenvalue weighted by molar-refractivity contribution is 7.26. The van der Waals surface area contributed by atoms with Gasteiger partial charge in [-0.2, -0.15) is 0 Å². The Morgan fingerprint density at radius 2 is 1.02 bits per heavy atom. The lowest BCUT2D eigenvalue weighted by Gasteiger charge is -2.28. The maximum atomic E-state index is 2.43. The third kappa shape index (κ3) is 4.46. The number of hydrogen-bond acceptors (Lipinski definition) is 2. The van der Waals surface area contributed by atoms with Gasteiger partial charge >= 0.3 is 0 Å². The predicted octanol–water partition coefficient (Wildman–Crippen LogP) is 13.2. The lowest BCUT2D eigenvalue weighted by atomic mass is 9.96. The third-order valence-corrected chi connectivity index (χ3v) is 10.2. The Hall–Kier alpha value is -5.70. The SMILES string of the molecule is c1ccc(-c2cccc(N(c3ccc4ccc5ccc6sc7ccccc7c6c5c4c3)c3ccccc3-c3ccccc3)c2)cc1. The van der Waals surface area contributed by atoms with Crippen molar-refractivity contribution in [1.29, 1.82) is 0 Å². The van der Waals surface area contributed by atoms with Crippen molar-refractivity contribution >= 4 is 70.1 Å². The van der Waals surface area contributed by atoms with Crippen molar-refractivity contribution in [3.05, 3.63) is 176 Å². The largest absolute Gasteiger partial charge is 0.310 e. The van der Waals surface area contributed by atoms with Crippen LogP contribution in [-0.4, -0.2) is 0 Å². The minimum absolute atomic E-state index is 1.12. The molecule has 2 heteroatoms. The molecule has 0 bridgehead atoms. The average Bonchev–Trinajstić information content (AvgIpc) is 3.52. The normalized spacial score (nSPS) is 11.5. The summed E-state index contributed by atoms with van der Waals surface area (Å²) in [4.78, 5) is 2.43. The Morgan fingerprint density at radius 1 is 0.370 bits per heavy atom. The quantitative estimate of drug-likeness (QED) is 0.177. The summed E-state index contributed by atoms with van der Waals surface area (Å²) in [6, 6.07) is 63.9. The first-order valence-corrected chi connectivity index (χ1v) is 16.5. The molecule has 0 saturated carbocycles. The zero-order valence-corrected chi connectivity index (χ0v) is 25.9. The summed E-state index contributed by atoms with van der Waals surface area (Å²) in [5.74, 6) is 0. The van der Waals surface area contributed by atoms with Crippen LogP contribution in [0.5, 0.6) is 0 Å². The van der Waals surface area contributed by atoms with E-state index >= 15 is 0 Å². The first-order chi connectivity index (χ1) is 22.8. The van der Waals surface area contributed by atoms with Crippen LogP contribution in [-0.2, 0) is 0 Å². The molecule has 0 atom stereocenters. The summed E-state index contributed by atoms with van der Waals surface area (Å²) in [7, 11) is 0. The number of nitrogens with zero attached hydrogens (tertiary/aromatic N) is 1. The topological polar surface area (TPSA) is 3.24 Å². The molecule has 216 valence electrons. The molecule has 8 aromatic carbocycles. The van der Waals surface area contributed by atoms with Crippen LogP contribution in [0.1, 0.15) is 0 Å². The molecular weight excluding hydrogens is 575 g/mol. The molecule has 1 nitrogen and oxygen atoms in total. The molecule has 1 heterocycles. The van der Waals surface area contributed by atoms with Crippen molar-refractivity contribution in [2.24, 2.45) is 0 Å². The van der Waals surface area contributed by atoms with Crippen LogP contribution >= 0.6 is 11.3 Å². The van der Waals surface area contributed by atoms with E-state index < -0.39 is 0 Å². The van der Waals surface area contributed by atoms with Gasteiger partial charge in [0, 0.05) is 37.1 Å². The first-order valence-electron chi connectivity index (χ1n) is 15.7. The Balaban J connectivity index is 1.34. The molecule has 0 aliphatic rings.